The fourth-order valence-electron chi connectivity index (χ4n) is 2.36. The van der Waals surface area contributed by atoms with Crippen molar-refractivity contribution in [2.24, 2.45) is 11.7 Å². The standard InChI is InChI=1S/C13H22N2O3/c1-9(16)6-7-11(13(14)18)15-12(17)8-10-4-2-3-5-10/h10-11H,2-8H2,1H3,(H2,14,18)(H,15,17)/t11-/m0/s1. The highest BCUT2D eigenvalue weighted by molar-refractivity contribution is 5.87. The summed E-state index contributed by atoms with van der Waals surface area (Å²) in [6.07, 6.45) is 5.55. The minimum absolute atomic E-state index is 0.00806. The van der Waals surface area contributed by atoms with Gasteiger partial charge in [0.05, 0.1) is 0 Å². The number of ketones is 1. The number of Topliss-reactive ketones (excluding diaryl/α,β-unsaturated/α-hetero) is 1. The first-order chi connectivity index (χ1) is 8.49. The van der Waals surface area contributed by atoms with Crippen LogP contribution in [0.2, 0.25) is 0 Å². The van der Waals surface area contributed by atoms with E-state index in [0.29, 0.717) is 18.8 Å². The Kier molecular flexibility index (Phi) is 5.82. The van der Waals surface area contributed by atoms with E-state index in [2.05, 4.69) is 5.32 Å². The van der Waals surface area contributed by atoms with Crippen LogP contribution in [-0.2, 0) is 14.4 Å². The van der Waals surface area contributed by atoms with E-state index in [1.807, 2.05) is 0 Å². The van der Waals surface area contributed by atoms with Crippen molar-refractivity contribution in [3.05, 3.63) is 0 Å². The lowest BCUT2D eigenvalue weighted by Gasteiger charge is -2.16. The lowest BCUT2D eigenvalue weighted by molar-refractivity contribution is -0.128. The maximum Gasteiger partial charge on any atom is 0.240 e. The summed E-state index contributed by atoms with van der Waals surface area (Å²) in [5.74, 6) is -0.275. The Labute approximate surface area is 107 Å². The number of carbonyl (C=O) groups is 3. The molecule has 0 unspecified atom stereocenters. The predicted octanol–water partition coefficient (Wildman–Crippen LogP) is 0.906. The monoisotopic (exact) mass is 254 g/mol. The second kappa shape index (κ2) is 7.13. The van der Waals surface area contributed by atoms with E-state index < -0.39 is 11.9 Å². The summed E-state index contributed by atoms with van der Waals surface area (Å²) in [5.41, 5.74) is 5.21. The van der Waals surface area contributed by atoms with Crippen LogP contribution in [0.25, 0.3) is 0 Å². The fraction of sp³-hybridized carbons (Fsp3) is 0.769. The summed E-state index contributed by atoms with van der Waals surface area (Å²) in [4.78, 5) is 33.8. The zero-order valence-electron chi connectivity index (χ0n) is 10.9. The third-order valence-corrected chi connectivity index (χ3v) is 3.41. The van der Waals surface area contributed by atoms with Crippen LogP contribution in [0.5, 0.6) is 0 Å². The summed E-state index contributed by atoms with van der Waals surface area (Å²) < 4.78 is 0. The number of hydrogen-bond donors (Lipinski definition) is 2. The maximum atomic E-state index is 11.8. The highest BCUT2D eigenvalue weighted by atomic mass is 16.2. The van der Waals surface area contributed by atoms with Gasteiger partial charge in [-0.3, -0.25) is 9.59 Å². The Morgan fingerprint density at radius 3 is 2.39 bits per heavy atom. The summed E-state index contributed by atoms with van der Waals surface area (Å²) in [7, 11) is 0. The zero-order chi connectivity index (χ0) is 13.5. The molecule has 0 heterocycles. The van der Waals surface area contributed by atoms with E-state index >= 15 is 0 Å². The van der Waals surface area contributed by atoms with E-state index in [0.717, 1.165) is 12.8 Å². The quantitative estimate of drug-likeness (QED) is 0.707. The van der Waals surface area contributed by atoms with Gasteiger partial charge in [0.15, 0.2) is 0 Å². The molecule has 1 aliphatic rings. The first-order valence-corrected chi connectivity index (χ1v) is 6.57. The van der Waals surface area contributed by atoms with Crippen molar-refractivity contribution in [2.45, 2.75) is 57.9 Å². The Morgan fingerprint density at radius 2 is 1.89 bits per heavy atom. The molecule has 0 aromatic carbocycles. The van der Waals surface area contributed by atoms with E-state index in [1.165, 1.54) is 19.8 Å². The third-order valence-electron chi connectivity index (χ3n) is 3.41. The summed E-state index contributed by atoms with van der Waals surface area (Å²) >= 11 is 0. The molecule has 5 heteroatoms. The first-order valence-electron chi connectivity index (χ1n) is 6.57. The van der Waals surface area contributed by atoms with Gasteiger partial charge in [-0.1, -0.05) is 12.8 Å². The van der Waals surface area contributed by atoms with Crippen molar-refractivity contribution < 1.29 is 14.4 Å². The van der Waals surface area contributed by atoms with Gasteiger partial charge in [-0.05, 0) is 32.1 Å². The Balaban J connectivity index is 2.36. The van der Waals surface area contributed by atoms with Gasteiger partial charge in [0.2, 0.25) is 11.8 Å². The number of primary amides is 1. The molecular weight excluding hydrogens is 232 g/mol. The van der Waals surface area contributed by atoms with Gasteiger partial charge in [0.25, 0.3) is 0 Å². The lowest BCUT2D eigenvalue weighted by Crippen LogP contribution is -2.45. The maximum absolute atomic E-state index is 11.8. The lowest BCUT2D eigenvalue weighted by atomic mass is 10.0. The Bertz CT molecular complexity index is 322. The second-order valence-corrected chi connectivity index (χ2v) is 5.12. The molecule has 1 atom stereocenters. The van der Waals surface area contributed by atoms with Crippen molar-refractivity contribution in [1.29, 1.82) is 0 Å². The van der Waals surface area contributed by atoms with Crippen molar-refractivity contribution in [3.8, 4) is 0 Å². The van der Waals surface area contributed by atoms with Gasteiger partial charge in [-0.2, -0.15) is 0 Å². The largest absolute Gasteiger partial charge is 0.368 e. The molecule has 0 radical (unpaired) electrons. The van der Waals surface area contributed by atoms with Crippen LogP contribution < -0.4 is 11.1 Å². The predicted molar refractivity (Wildman–Crippen MR) is 67.6 cm³/mol. The fourth-order valence-corrected chi connectivity index (χ4v) is 2.36. The number of carbonyl (C=O) groups excluding carboxylic acids is 3. The molecule has 1 fully saturated rings. The van der Waals surface area contributed by atoms with Crippen LogP contribution >= 0.6 is 0 Å². The molecule has 0 aliphatic heterocycles. The van der Waals surface area contributed by atoms with Gasteiger partial charge >= 0.3 is 0 Å². The number of amides is 2. The van der Waals surface area contributed by atoms with Crippen molar-refractivity contribution in [1.82, 2.24) is 5.32 Å². The van der Waals surface area contributed by atoms with Gasteiger partial charge in [-0.25, -0.2) is 0 Å². The van der Waals surface area contributed by atoms with Crippen molar-refractivity contribution in [2.75, 3.05) is 0 Å². The summed E-state index contributed by atoms with van der Waals surface area (Å²) in [6.45, 7) is 1.46. The molecule has 0 aromatic heterocycles. The molecule has 1 aliphatic carbocycles. The molecule has 2 amide bonds. The minimum atomic E-state index is -0.720. The number of nitrogens with two attached hydrogens (primary N) is 1. The summed E-state index contributed by atoms with van der Waals surface area (Å²) in [6, 6.07) is -0.720. The van der Waals surface area contributed by atoms with Gasteiger partial charge in [0, 0.05) is 12.8 Å². The topological polar surface area (TPSA) is 89.3 Å². The van der Waals surface area contributed by atoms with E-state index in [-0.39, 0.29) is 18.1 Å². The summed E-state index contributed by atoms with van der Waals surface area (Å²) in [5, 5.41) is 2.63. The van der Waals surface area contributed by atoms with E-state index in [9.17, 15) is 14.4 Å². The van der Waals surface area contributed by atoms with Crippen LogP contribution in [-0.4, -0.2) is 23.6 Å². The van der Waals surface area contributed by atoms with Crippen LogP contribution in [0, 0.1) is 5.92 Å². The van der Waals surface area contributed by atoms with Crippen molar-refractivity contribution in [3.63, 3.8) is 0 Å². The normalized spacial score (nSPS) is 17.4. The average molecular weight is 254 g/mol. The minimum Gasteiger partial charge on any atom is -0.368 e. The van der Waals surface area contributed by atoms with Crippen LogP contribution in [0.3, 0.4) is 0 Å². The SMILES string of the molecule is CC(=O)CC[C@H](NC(=O)CC1CCCC1)C(N)=O. The molecule has 5 nitrogen and oxygen atoms in total. The van der Waals surface area contributed by atoms with E-state index in [1.54, 1.807) is 0 Å². The Morgan fingerprint density at radius 1 is 1.28 bits per heavy atom. The smallest absolute Gasteiger partial charge is 0.240 e. The zero-order valence-corrected chi connectivity index (χ0v) is 10.9. The molecule has 0 aromatic rings. The molecule has 0 saturated heterocycles. The molecule has 0 bridgehead atoms. The van der Waals surface area contributed by atoms with Crippen LogP contribution in [0.4, 0.5) is 0 Å². The molecule has 1 rings (SSSR count). The second-order valence-electron chi connectivity index (χ2n) is 5.12. The Hall–Kier alpha value is -1.39. The molecular formula is C13H22N2O3. The third kappa shape index (κ3) is 5.29. The van der Waals surface area contributed by atoms with Gasteiger partial charge < -0.3 is 15.8 Å². The first kappa shape index (κ1) is 14.7. The molecule has 102 valence electrons. The van der Waals surface area contributed by atoms with E-state index in [4.69, 9.17) is 5.73 Å². The number of rotatable bonds is 7. The highest BCUT2D eigenvalue weighted by Gasteiger charge is 2.22. The van der Waals surface area contributed by atoms with Crippen molar-refractivity contribution >= 4 is 17.6 Å². The molecule has 3 N–H and O–H groups in total. The highest BCUT2D eigenvalue weighted by Crippen LogP contribution is 2.27. The number of nitrogens with one attached hydrogen (secondary N) is 1. The molecule has 1 saturated carbocycles. The average Bonchev–Trinajstić information content (AvgIpc) is 2.76. The van der Waals surface area contributed by atoms with Crippen LogP contribution in [0.15, 0.2) is 0 Å². The number of hydrogen-bond acceptors (Lipinski definition) is 3. The molecule has 0 spiro atoms. The van der Waals surface area contributed by atoms with Gasteiger partial charge in [0.1, 0.15) is 11.8 Å². The van der Waals surface area contributed by atoms with Crippen LogP contribution in [0.1, 0.15) is 51.9 Å². The van der Waals surface area contributed by atoms with Gasteiger partial charge in [-0.15, -0.1) is 0 Å². The molecule has 18 heavy (non-hydrogen) atoms.